The van der Waals surface area contributed by atoms with Crippen molar-refractivity contribution in [3.63, 3.8) is 0 Å². The van der Waals surface area contributed by atoms with Crippen molar-refractivity contribution < 1.29 is 4.79 Å². The van der Waals surface area contributed by atoms with Gasteiger partial charge in [0.15, 0.2) is 5.78 Å². The molecule has 0 bridgehead atoms. The van der Waals surface area contributed by atoms with Crippen LogP contribution in [-0.4, -0.2) is 20.5 Å². The fraction of sp³-hybridized carbons (Fsp3) is 0.200. The highest BCUT2D eigenvalue weighted by Crippen LogP contribution is 2.33. The lowest BCUT2D eigenvalue weighted by Crippen LogP contribution is -2.02. The van der Waals surface area contributed by atoms with E-state index >= 15 is 0 Å². The second-order valence-corrected chi connectivity index (χ2v) is 5.93. The third kappa shape index (κ3) is 2.14. The molecule has 0 saturated carbocycles. The van der Waals surface area contributed by atoms with Crippen molar-refractivity contribution in [1.82, 2.24) is 14.8 Å². The maximum absolute atomic E-state index is 11.6. The largest absolute Gasteiger partial charge is 0.344 e. The van der Waals surface area contributed by atoms with Crippen molar-refractivity contribution in [1.29, 1.82) is 0 Å². The summed E-state index contributed by atoms with van der Waals surface area (Å²) >= 11 is 1.67. The van der Waals surface area contributed by atoms with Crippen molar-refractivity contribution >= 4 is 28.4 Å². The molecule has 0 unspecified atom stereocenters. The summed E-state index contributed by atoms with van der Waals surface area (Å²) in [6.07, 6.45) is 1.82. The number of nitrogens with one attached hydrogen (secondary N) is 1. The van der Waals surface area contributed by atoms with Gasteiger partial charge < -0.3 is 4.57 Å². The Kier molecular flexibility index (Phi) is 3.14. The zero-order valence-corrected chi connectivity index (χ0v) is 12.4. The molecule has 0 aliphatic rings. The third-order valence-corrected chi connectivity index (χ3v) is 4.61. The van der Waals surface area contributed by atoms with Crippen LogP contribution in [0.25, 0.3) is 10.9 Å². The number of carbonyl (C=O) groups is 1. The number of nitrogens with zero attached hydrogens (tertiary/aromatic N) is 2. The highest BCUT2D eigenvalue weighted by molar-refractivity contribution is 7.99. The number of Topliss-reactive ketones (excluding diaryl/α,β-unsaturated/α-hetero) is 1. The Hall–Kier alpha value is -2.01. The number of aromatic nitrogens is 3. The van der Waals surface area contributed by atoms with Crippen molar-refractivity contribution in [3.05, 3.63) is 41.9 Å². The highest BCUT2D eigenvalue weighted by atomic mass is 32.2. The Balaban J connectivity index is 1.98. The van der Waals surface area contributed by atoms with Gasteiger partial charge in [-0.15, -0.1) is 0 Å². The topological polar surface area (TPSA) is 50.7 Å². The van der Waals surface area contributed by atoms with Crippen LogP contribution in [0.4, 0.5) is 0 Å². The second kappa shape index (κ2) is 4.83. The van der Waals surface area contributed by atoms with E-state index in [0.717, 1.165) is 32.1 Å². The summed E-state index contributed by atoms with van der Waals surface area (Å²) in [6.45, 7) is 3.63. The first-order chi connectivity index (χ1) is 9.56. The lowest BCUT2D eigenvalue weighted by Gasteiger charge is -2.03. The minimum atomic E-state index is 0.0905. The van der Waals surface area contributed by atoms with E-state index in [0.29, 0.717) is 0 Å². The molecule has 0 fully saturated rings. The van der Waals surface area contributed by atoms with Crippen molar-refractivity contribution in [2.24, 2.45) is 7.05 Å². The first-order valence-corrected chi connectivity index (χ1v) is 7.16. The molecule has 5 heteroatoms. The predicted molar refractivity (Wildman–Crippen MR) is 80.4 cm³/mol. The van der Waals surface area contributed by atoms with Gasteiger partial charge in [0.25, 0.3) is 0 Å². The summed E-state index contributed by atoms with van der Waals surface area (Å²) < 4.78 is 1.95. The number of carbonyl (C=O) groups excluding carboxylic acids is 1. The van der Waals surface area contributed by atoms with Gasteiger partial charge in [0.05, 0.1) is 17.4 Å². The van der Waals surface area contributed by atoms with Crippen LogP contribution in [0.3, 0.4) is 0 Å². The maximum atomic E-state index is 11.6. The molecule has 0 atom stereocenters. The SMILES string of the molecule is CC(=O)c1cc(Sc2ccc3[nH]ncc3c2)c(C)n1C. The maximum Gasteiger partial charge on any atom is 0.176 e. The Morgan fingerprint density at radius 3 is 2.85 bits per heavy atom. The van der Waals surface area contributed by atoms with Crippen molar-refractivity contribution in [2.45, 2.75) is 23.6 Å². The molecule has 1 N–H and O–H groups in total. The molecule has 0 radical (unpaired) electrons. The van der Waals surface area contributed by atoms with E-state index in [2.05, 4.69) is 22.3 Å². The van der Waals surface area contributed by atoms with Crippen molar-refractivity contribution in [2.75, 3.05) is 0 Å². The van der Waals surface area contributed by atoms with E-state index in [9.17, 15) is 4.79 Å². The van der Waals surface area contributed by atoms with Gasteiger partial charge in [-0.05, 0) is 31.2 Å². The number of ketones is 1. The Morgan fingerprint density at radius 2 is 2.15 bits per heavy atom. The number of hydrogen-bond donors (Lipinski definition) is 1. The van der Waals surface area contributed by atoms with Gasteiger partial charge in [0, 0.05) is 34.8 Å². The normalized spacial score (nSPS) is 11.2. The number of H-pyrrole nitrogens is 1. The van der Waals surface area contributed by atoms with Crippen LogP contribution in [0, 0.1) is 6.92 Å². The molecule has 0 aliphatic heterocycles. The quantitative estimate of drug-likeness (QED) is 0.748. The van der Waals surface area contributed by atoms with Crippen LogP contribution in [-0.2, 0) is 7.05 Å². The molecule has 1 aromatic carbocycles. The molecule has 4 nitrogen and oxygen atoms in total. The van der Waals surface area contributed by atoms with Gasteiger partial charge in [-0.3, -0.25) is 9.89 Å². The number of rotatable bonds is 3. The Morgan fingerprint density at radius 1 is 1.35 bits per heavy atom. The number of hydrogen-bond acceptors (Lipinski definition) is 3. The van der Waals surface area contributed by atoms with Gasteiger partial charge in [0.2, 0.25) is 0 Å². The van der Waals surface area contributed by atoms with Gasteiger partial charge in [-0.2, -0.15) is 5.10 Å². The van der Waals surface area contributed by atoms with Crippen LogP contribution >= 0.6 is 11.8 Å². The summed E-state index contributed by atoms with van der Waals surface area (Å²) in [5.41, 5.74) is 2.88. The van der Waals surface area contributed by atoms with E-state index in [4.69, 9.17) is 0 Å². The van der Waals surface area contributed by atoms with Gasteiger partial charge in [0.1, 0.15) is 0 Å². The molecule has 20 heavy (non-hydrogen) atoms. The summed E-state index contributed by atoms with van der Waals surface area (Å²) in [4.78, 5) is 13.8. The average Bonchev–Trinajstić information content (AvgIpc) is 2.98. The molecule has 0 saturated heterocycles. The zero-order valence-electron chi connectivity index (χ0n) is 11.6. The number of fused-ring (bicyclic) bond motifs is 1. The Bertz CT molecular complexity index is 801. The summed E-state index contributed by atoms with van der Waals surface area (Å²) in [5.74, 6) is 0.0905. The molecule has 0 amide bonds. The van der Waals surface area contributed by atoms with E-state index in [-0.39, 0.29) is 5.78 Å². The fourth-order valence-electron chi connectivity index (χ4n) is 2.22. The lowest BCUT2D eigenvalue weighted by atomic mass is 10.3. The molecular formula is C15H15N3OS. The van der Waals surface area contributed by atoms with Crippen LogP contribution < -0.4 is 0 Å². The summed E-state index contributed by atoms with van der Waals surface area (Å²) in [5, 5.41) is 8.06. The number of aromatic amines is 1. The van der Waals surface area contributed by atoms with Gasteiger partial charge in [-0.1, -0.05) is 11.8 Å². The van der Waals surface area contributed by atoms with E-state index < -0.39 is 0 Å². The van der Waals surface area contributed by atoms with Gasteiger partial charge in [-0.25, -0.2) is 0 Å². The van der Waals surface area contributed by atoms with Gasteiger partial charge >= 0.3 is 0 Å². The van der Waals surface area contributed by atoms with Crippen LogP contribution in [0.2, 0.25) is 0 Å². The van der Waals surface area contributed by atoms with E-state index in [1.54, 1.807) is 18.7 Å². The van der Waals surface area contributed by atoms with Crippen molar-refractivity contribution in [3.8, 4) is 0 Å². The minimum absolute atomic E-state index is 0.0905. The number of benzene rings is 1. The monoisotopic (exact) mass is 285 g/mol. The zero-order chi connectivity index (χ0) is 14.3. The predicted octanol–water partition coefficient (Wildman–Crippen LogP) is 3.56. The van der Waals surface area contributed by atoms with E-state index in [1.165, 1.54) is 0 Å². The summed E-state index contributed by atoms with van der Waals surface area (Å²) in [7, 11) is 1.93. The molecule has 102 valence electrons. The third-order valence-electron chi connectivity index (χ3n) is 3.49. The molecule has 0 spiro atoms. The first-order valence-electron chi connectivity index (χ1n) is 6.34. The van der Waals surface area contributed by atoms with Crippen LogP contribution in [0.15, 0.2) is 40.3 Å². The minimum Gasteiger partial charge on any atom is -0.344 e. The van der Waals surface area contributed by atoms with Crippen LogP contribution in [0.1, 0.15) is 23.1 Å². The lowest BCUT2D eigenvalue weighted by molar-refractivity contribution is 0.101. The standard InChI is InChI=1S/C15H15N3OS/c1-9-15(7-14(10(2)19)18(9)3)20-12-4-5-13-11(6-12)8-16-17-13/h4-8H,1-3H3,(H,16,17). The molecule has 3 aromatic rings. The average molecular weight is 285 g/mol. The summed E-state index contributed by atoms with van der Waals surface area (Å²) in [6, 6.07) is 8.14. The van der Waals surface area contributed by atoms with Crippen LogP contribution in [0.5, 0.6) is 0 Å². The molecule has 3 rings (SSSR count). The molecular weight excluding hydrogens is 270 g/mol. The first kappa shape index (κ1) is 13.0. The molecule has 0 aliphatic carbocycles. The van der Waals surface area contributed by atoms with E-state index in [1.807, 2.05) is 36.9 Å². The highest BCUT2D eigenvalue weighted by Gasteiger charge is 2.13. The fourth-order valence-corrected chi connectivity index (χ4v) is 3.25. The smallest absolute Gasteiger partial charge is 0.176 e. The second-order valence-electron chi connectivity index (χ2n) is 4.82. The Labute approximate surface area is 121 Å². The molecule has 2 heterocycles. The molecule has 2 aromatic heterocycles.